The van der Waals surface area contributed by atoms with Crippen LogP contribution in [0.5, 0.6) is 5.75 Å². The molecule has 4 heteroatoms. The zero-order valence-corrected chi connectivity index (χ0v) is 10.6. The van der Waals surface area contributed by atoms with Gasteiger partial charge in [0.1, 0.15) is 5.75 Å². The number of phenolic OH excluding ortho intramolecular Hbond substituents is 1. The van der Waals surface area contributed by atoms with Crippen LogP contribution in [0.15, 0.2) is 35.2 Å². The van der Waals surface area contributed by atoms with Gasteiger partial charge in [-0.3, -0.25) is 0 Å². The highest BCUT2D eigenvalue weighted by atomic mass is 32.1. The molecule has 0 spiro atoms. The van der Waals surface area contributed by atoms with Crippen LogP contribution in [-0.2, 0) is 6.42 Å². The van der Waals surface area contributed by atoms with Crippen molar-refractivity contribution >= 4 is 11.3 Å². The highest BCUT2D eigenvalue weighted by Gasteiger charge is 2.05. The molecule has 2 N–H and O–H groups in total. The molecule has 0 fully saturated rings. The number of nitrogens with zero attached hydrogens (tertiary/aromatic N) is 1. The Bertz CT molecular complexity index is 439. The molecular weight excluding hydrogens is 232 g/mol. The van der Waals surface area contributed by atoms with E-state index in [0.717, 1.165) is 18.7 Å². The van der Waals surface area contributed by atoms with Gasteiger partial charge in [0.2, 0.25) is 0 Å². The number of hydrogen-bond donors (Lipinski definition) is 2. The normalized spacial score (nSPS) is 12.5. The van der Waals surface area contributed by atoms with Crippen molar-refractivity contribution < 1.29 is 5.11 Å². The second-order valence-corrected chi connectivity index (χ2v) is 4.72. The fraction of sp³-hybridized carbons (Fsp3) is 0.308. The van der Waals surface area contributed by atoms with E-state index in [9.17, 15) is 5.11 Å². The smallest absolute Gasteiger partial charge is 0.115 e. The van der Waals surface area contributed by atoms with E-state index in [-0.39, 0.29) is 0 Å². The molecule has 0 saturated heterocycles. The lowest BCUT2D eigenvalue weighted by Gasteiger charge is -2.11. The maximum Gasteiger partial charge on any atom is 0.115 e. The first kappa shape index (κ1) is 12.1. The molecule has 2 aromatic rings. The molecule has 1 aromatic heterocycles. The molecule has 0 aliphatic carbocycles. The number of aromatic nitrogens is 1. The Morgan fingerprint density at radius 3 is 2.76 bits per heavy atom. The van der Waals surface area contributed by atoms with Crippen LogP contribution in [0.3, 0.4) is 0 Å². The van der Waals surface area contributed by atoms with Crippen LogP contribution in [0.4, 0.5) is 0 Å². The summed E-state index contributed by atoms with van der Waals surface area (Å²) in [6.45, 7) is 3.02. The zero-order chi connectivity index (χ0) is 12.1. The van der Waals surface area contributed by atoms with Gasteiger partial charge < -0.3 is 10.4 Å². The number of hydrogen-bond acceptors (Lipinski definition) is 4. The minimum absolute atomic E-state index is 0.290. The van der Waals surface area contributed by atoms with Crippen LogP contribution < -0.4 is 5.32 Å². The number of benzene rings is 1. The molecule has 17 heavy (non-hydrogen) atoms. The number of thiazole rings is 1. The standard InChI is InChI=1S/C13H16N2OS/c1-10(13-8-17-9-15-13)14-7-6-11-2-4-12(16)5-3-11/h2-5,8-10,14,16H,6-7H2,1H3. The predicted octanol–water partition coefficient (Wildman–Crippen LogP) is 2.74. The van der Waals surface area contributed by atoms with Crippen molar-refractivity contribution in [3.8, 4) is 5.75 Å². The van der Waals surface area contributed by atoms with E-state index in [1.807, 2.05) is 17.6 Å². The summed E-state index contributed by atoms with van der Waals surface area (Å²) in [5, 5.41) is 14.7. The fourth-order valence-electron chi connectivity index (χ4n) is 1.64. The zero-order valence-electron chi connectivity index (χ0n) is 9.76. The Morgan fingerprint density at radius 2 is 2.12 bits per heavy atom. The van der Waals surface area contributed by atoms with Crippen molar-refractivity contribution in [2.24, 2.45) is 0 Å². The Labute approximate surface area is 105 Å². The fourth-order valence-corrected chi connectivity index (χ4v) is 2.28. The van der Waals surface area contributed by atoms with Gasteiger partial charge in [-0.25, -0.2) is 4.98 Å². The minimum atomic E-state index is 0.290. The first-order valence-corrected chi connectivity index (χ1v) is 6.59. The first-order valence-electron chi connectivity index (χ1n) is 5.65. The van der Waals surface area contributed by atoms with Gasteiger partial charge >= 0.3 is 0 Å². The van der Waals surface area contributed by atoms with Crippen molar-refractivity contribution in [1.29, 1.82) is 0 Å². The van der Waals surface area contributed by atoms with Gasteiger partial charge in [-0.15, -0.1) is 11.3 Å². The molecule has 0 radical (unpaired) electrons. The van der Waals surface area contributed by atoms with Crippen molar-refractivity contribution in [3.63, 3.8) is 0 Å². The summed E-state index contributed by atoms with van der Waals surface area (Å²) in [4.78, 5) is 4.28. The van der Waals surface area contributed by atoms with Crippen LogP contribution >= 0.6 is 11.3 Å². The Morgan fingerprint density at radius 1 is 1.35 bits per heavy atom. The van der Waals surface area contributed by atoms with Gasteiger partial charge in [-0.2, -0.15) is 0 Å². The van der Waals surface area contributed by atoms with Crippen molar-refractivity contribution in [2.75, 3.05) is 6.54 Å². The summed E-state index contributed by atoms with van der Waals surface area (Å²) in [5.41, 5.74) is 4.18. The summed E-state index contributed by atoms with van der Waals surface area (Å²) in [6, 6.07) is 7.63. The minimum Gasteiger partial charge on any atom is -0.508 e. The summed E-state index contributed by atoms with van der Waals surface area (Å²) < 4.78 is 0. The van der Waals surface area contributed by atoms with Crippen LogP contribution in [0.2, 0.25) is 0 Å². The molecule has 90 valence electrons. The molecule has 1 unspecified atom stereocenters. The van der Waals surface area contributed by atoms with E-state index in [0.29, 0.717) is 11.8 Å². The van der Waals surface area contributed by atoms with E-state index in [2.05, 4.69) is 22.6 Å². The van der Waals surface area contributed by atoms with Gasteiger partial charge in [0.25, 0.3) is 0 Å². The summed E-state index contributed by atoms with van der Waals surface area (Å²) in [5.74, 6) is 0.317. The average molecular weight is 248 g/mol. The van der Waals surface area contributed by atoms with Gasteiger partial charge in [0.05, 0.1) is 11.2 Å². The molecule has 0 amide bonds. The van der Waals surface area contributed by atoms with Gasteiger partial charge in [-0.1, -0.05) is 12.1 Å². The van der Waals surface area contributed by atoms with Gasteiger partial charge in [-0.05, 0) is 37.6 Å². The molecule has 3 nitrogen and oxygen atoms in total. The van der Waals surface area contributed by atoms with E-state index < -0.39 is 0 Å². The van der Waals surface area contributed by atoms with Crippen molar-refractivity contribution in [3.05, 3.63) is 46.4 Å². The molecule has 1 atom stereocenters. The molecule has 0 aliphatic heterocycles. The third-order valence-corrected chi connectivity index (χ3v) is 3.30. The highest BCUT2D eigenvalue weighted by molar-refractivity contribution is 7.07. The second kappa shape index (κ2) is 5.80. The molecule has 0 saturated carbocycles. The molecule has 2 rings (SSSR count). The topological polar surface area (TPSA) is 45.1 Å². The third-order valence-electron chi connectivity index (χ3n) is 2.70. The van der Waals surface area contributed by atoms with Crippen molar-refractivity contribution in [2.45, 2.75) is 19.4 Å². The molecular formula is C13H16N2OS. The van der Waals surface area contributed by atoms with E-state index in [4.69, 9.17) is 0 Å². The summed E-state index contributed by atoms with van der Waals surface area (Å²) >= 11 is 1.62. The van der Waals surface area contributed by atoms with E-state index in [1.165, 1.54) is 5.56 Å². The summed E-state index contributed by atoms with van der Waals surface area (Å²) in [7, 11) is 0. The number of rotatable bonds is 5. The van der Waals surface area contributed by atoms with Crippen LogP contribution in [0.25, 0.3) is 0 Å². The molecule has 0 bridgehead atoms. The lowest BCUT2D eigenvalue weighted by Crippen LogP contribution is -2.21. The second-order valence-electron chi connectivity index (χ2n) is 4.01. The Balaban J connectivity index is 1.78. The SMILES string of the molecule is CC(NCCc1ccc(O)cc1)c1cscn1. The van der Waals surface area contributed by atoms with E-state index in [1.54, 1.807) is 23.5 Å². The quantitative estimate of drug-likeness (QED) is 0.855. The Kier molecular flexibility index (Phi) is 4.12. The van der Waals surface area contributed by atoms with Gasteiger partial charge in [0, 0.05) is 11.4 Å². The maximum atomic E-state index is 9.17. The number of aromatic hydroxyl groups is 1. The van der Waals surface area contributed by atoms with Gasteiger partial charge in [0.15, 0.2) is 0 Å². The van der Waals surface area contributed by atoms with Crippen LogP contribution in [0, 0.1) is 0 Å². The maximum absolute atomic E-state index is 9.17. The third kappa shape index (κ3) is 3.54. The molecule has 1 aromatic carbocycles. The first-order chi connectivity index (χ1) is 8.25. The number of phenols is 1. The molecule has 1 heterocycles. The monoisotopic (exact) mass is 248 g/mol. The lowest BCUT2D eigenvalue weighted by molar-refractivity contribution is 0.475. The largest absolute Gasteiger partial charge is 0.508 e. The van der Waals surface area contributed by atoms with Crippen LogP contribution in [-0.4, -0.2) is 16.6 Å². The summed E-state index contributed by atoms with van der Waals surface area (Å²) in [6.07, 6.45) is 0.953. The van der Waals surface area contributed by atoms with Crippen molar-refractivity contribution in [1.82, 2.24) is 10.3 Å². The average Bonchev–Trinajstić information content (AvgIpc) is 2.85. The van der Waals surface area contributed by atoms with Crippen LogP contribution in [0.1, 0.15) is 24.2 Å². The van der Waals surface area contributed by atoms with E-state index >= 15 is 0 Å². The number of nitrogens with one attached hydrogen (secondary N) is 1. The molecule has 0 aliphatic rings. The predicted molar refractivity (Wildman–Crippen MR) is 70.3 cm³/mol. The lowest BCUT2D eigenvalue weighted by atomic mass is 10.1. The highest BCUT2D eigenvalue weighted by Crippen LogP contribution is 2.12. The Hall–Kier alpha value is -1.39.